The van der Waals surface area contributed by atoms with Gasteiger partial charge in [0.2, 0.25) is 0 Å². The number of nitrogens with zero attached hydrogens (tertiary/aromatic N) is 1. The summed E-state index contributed by atoms with van der Waals surface area (Å²) < 4.78 is 0. The Morgan fingerprint density at radius 2 is 1.35 bits per heavy atom. The summed E-state index contributed by atoms with van der Waals surface area (Å²) in [6.45, 7) is 7.87. The van der Waals surface area contributed by atoms with Crippen molar-refractivity contribution in [1.29, 1.82) is 0 Å². The number of carbonyl (C=O) groups excluding carboxylic acids is 2. The Balaban J connectivity index is 1.85. The van der Waals surface area contributed by atoms with Gasteiger partial charge < -0.3 is 5.32 Å². The van der Waals surface area contributed by atoms with Crippen molar-refractivity contribution in [1.82, 2.24) is 0 Å². The maximum absolute atomic E-state index is 13.6. The smallest absolute Gasteiger partial charge is 0.282 e. The fraction of sp³-hybridized carbons (Fsp3) is 0.154. The zero-order chi connectivity index (χ0) is 22.3. The van der Waals surface area contributed by atoms with Gasteiger partial charge in [-0.1, -0.05) is 59.1 Å². The van der Waals surface area contributed by atoms with Crippen LogP contribution in [0.3, 0.4) is 0 Å². The first-order valence-electron chi connectivity index (χ1n) is 10.1. The zero-order valence-corrected chi connectivity index (χ0v) is 18.7. The molecule has 0 saturated carbocycles. The second kappa shape index (κ2) is 8.05. The number of carbonyl (C=O) groups is 2. The molecule has 3 aromatic rings. The molecular weight excluding hydrogens is 408 g/mol. The van der Waals surface area contributed by atoms with Crippen molar-refractivity contribution < 1.29 is 9.59 Å². The van der Waals surface area contributed by atoms with Gasteiger partial charge in [-0.2, -0.15) is 0 Å². The lowest BCUT2D eigenvalue weighted by Crippen LogP contribution is -2.33. The molecule has 1 aliphatic heterocycles. The van der Waals surface area contributed by atoms with Crippen LogP contribution >= 0.6 is 11.6 Å². The third kappa shape index (κ3) is 3.87. The van der Waals surface area contributed by atoms with E-state index in [1.807, 2.05) is 64.1 Å². The fourth-order valence-corrected chi connectivity index (χ4v) is 4.02. The highest BCUT2D eigenvalue weighted by atomic mass is 35.5. The maximum atomic E-state index is 13.6. The second-order valence-electron chi connectivity index (χ2n) is 7.94. The van der Waals surface area contributed by atoms with Crippen LogP contribution in [-0.2, 0) is 9.59 Å². The molecule has 0 saturated heterocycles. The van der Waals surface area contributed by atoms with E-state index in [0.717, 1.165) is 27.9 Å². The van der Waals surface area contributed by atoms with Crippen LogP contribution in [0.15, 0.2) is 66.4 Å². The van der Waals surface area contributed by atoms with Crippen molar-refractivity contribution in [2.45, 2.75) is 27.7 Å². The summed E-state index contributed by atoms with van der Waals surface area (Å²) in [7, 11) is 0. The Morgan fingerprint density at radius 1 is 0.742 bits per heavy atom. The average molecular weight is 431 g/mol. The summed E-state index contributed by atoms with van der Waals surface area (Å²) in [4.78, 5) is 28.4. The van der Waals surface area contributed by atoms with Crippen LogP contribution in [0, 0.1) is 27.7 Å². The summed E-state index contributed by atoms with van der Waals surface area (Å²) >= 11 is 6.05. The summed E-state index contributed by atoms with van der Waals surface area (Å²) in [5.74, 6) is -0.728. The molecule has 0 unspecified atom stereocenters. The Bertz CT molecular complexity index is 1240. The minimum absolute atomic E-state index is 0.263. The molecule has 1 heterocycles. The highest BCUT2D eigenvalue weighted by molar-refractivity contribution is 6.46. The molecule has 4 rings (SSSR count). The summed E-state index contributed by atoms with van der Waals surface area (Å²) in [5, 5.41) is 3.81. The molecule has 4 nitrogen and oxygen atoms in total. The number of imide groups is 1. The summed E-state index contributed by atoms with van der Waals surface area (Å²) in [6.07, 6.45) is 0. The molecule has 0 aliphatic carbocycles. The first-order valence-corrected chi connectivity index (χ1v) is 10.4. The van der Waals surface area contributed by atoms with Gasteiger partial charge in [-0.15, -0.1) is 0 Å². The van der Waals surface area contributed by atoms with E-state index in [1.165, 1.54) is 4.90 Å². The molecule has 0 atom stereocenters. The lowest BCUT2D eigenvalue weighted by Gasteiger charge is -2.18. The van der Waals surface area contributed by atoms with E-state index in [2.05, 4.69) is 5.32 Å². The Kier molecular flexibility index (Phi) is 5.42. The third-order valence-electron chi connectivity index (χ3n) is 5.45. The number of amides is 2. The SMILES string of the molecule is Cc1ccc(NC2=C(c3ccc(Cl)cc3)C(=O)N(c3ccc(C)cc3C)C2=O)c(C)c1. The summed E-state index contributed by atoms with van der Waals surface area (Å²) in [6, 6.07) is 18.6. The quantitative estimate of drug-likeness (QED) is 0.518. The molecule has 1 N–H and O–H groups in total. The average Bonchev–Trinajstić information content (AvgIpc) is 2.95. The Labute approximate surface area is 187 Å². The fourth-order valence-electron chi connectivity index (χ4n) is 3.89. The number of aryl methyl sites for hydroxylation is 4. The second-order valence-corrected chi connectivity index (χ2v) is 8.37. The van der Waals surface area contributed by atoms with Gasteiger partial charge >= 0.3 is 0 Å². The number of benzene rings is 3. The van der Waals surface area contributed by atoms with Crippen LogP contribution in [0.5, 0.6) is 0 Å². The van der Waals surface area contributed by atoms with Crippen molar-refractivity contribution in [3.63, 3.8) is 0 Å². The first kappa shape index (κ1) is 20.9. The van der Waals surface area contributed by atoms with Crippen molar-refractivity contribution in [2.24, 2.45) is 0 Å². The van der Waals surface area contributed by atoms with E-state index in [9.17, 15) is 9.59 Å². The van der Waals surface area contributed by atoms with Crippen molar-refractivity contribution in [3.8, 4) is 0 Å². The van der Waals surface area contributed by atoms with Crippen LogP contribution in [0.1, 0.15) is 27.8 Å². The van der Waals surface area contributed by atoms with Gasteiger partial charge in [0, 0.05) is 10.7 Å². The number of halogens is 1. The van der Waals surface area contributed by atoms with Crippen molar-refractivity contribution in [3.05, 3.63) is 99.2 Å². The minimum Gasteiger partial charge on any atom is -0.350 e. The molecule has 0 fully saturated rings. The number of hydrogen-bond acceptors (Lipinski definition) is 3. The monoisotopic (exact) mass is 430 g/mol. The molecule has 0 spiro atoms. The van der Waals surface area contributed by atoms with Crippen LogP contribution in [0.4, 0.5) is 11.4 Å². The molecule has 0 radical (unpaired) electrons. The third-order valence-corrected chi connectivity index (χ3v) is 5.70. The lowest BCUT2D eigenvalue weighted by molar-refractivity contribution is -0.120. The number of nitrogens with one attached hydrogen (secondary N) is 1. The van der Waals surface area contributed by atoms with Crippen molar-refractivity contribution >= 4 is 40.4 Å². The van der Waals surface area contributed by atoms with Gasteiger partial charge in [0.1, 0.15) is 5.70 Å². The molecule has 0 aromatic heterocycles. The Hall–Kier alpha value is -3.37. The molecule has 1 aliphatic rings. The number of anilines is 2. The van der Waals surface area contributed by atoms with E-state index in [1.54, 1.807) is 24.3 Å². The van der Waals surface area contributed by atoms with E-state index in [4.69, 9.17) is 11.6 Å². The van der Waals surface area contributed by atoms with Crippen molar-refractivity contribution in [2.75, 3.05) is 10.2 Å². The van der Waals surface area contributed by atoms with Gasteiger partial charge in [0.05, 0.1) is 11.3 Å². The lowest BCUT2D eigenvalue weighted by atomic mass is 10.0. The van der Waals surface area contributed by atoms with E-state index < -0.39 is 0 Å². The topological polar surface area (TPSA) is 49.4 Å². The van der Waals surface area contributed by atoms with Crippen LogP contribution in [0.2, 0.25) is 5.02 Å². The van der Waals surface area contributed by atoms with E-state index in [-0.39, 0.29) is 17.5 Å². The van der Waals surface area contributed by atoms with E-state index >= 15 is 0 Å². The van der Waals surface area contributed by atoms with Gasteiger partial charge in [0.15, 0.2) is 0 Å². The number of hydrogen-bond donors (Lipinski definition) is 1. The molecule has 3 aromatic carbocycles. The standard InChI is InChI=1S/C26H23ClN2O2/c1-15-5-11-21(17(3)13-15)28-24-23(19-7-9-20(27)10-8-19)25(30)29(26(24)31)22-12-6-16(2)14-18(22)4/h5-14,28H,1-4H3. The first-order chi connectivity index (χ1) is 14.8. The number of rotatable bonds is 4. The zero-order valence-electron chi connectivity index (χ0n) is 17.9. The summed E-state index contributed by atoms with van der Waals surface area (Å²) in [5.41, 5.74) is 6.67. The van der Waals surface area contributed by atoms with Gasteiger partial charge in [-0.25, -0.2) is 4.90 Å². The van der Waals surface area contributed by atoms with E-state index in [0.29, 0.717) is 21.8 Å². The predicted molar refractivity (Wildman–Crippen MR) is 126 cm³/mol. The minimum atomic E-state index is -0.373. The molecule has 156 valence electrons. The maximum Gasteiger partial charge on any atom is 0.282 e. The molecular formula is C26H23ClN2O2. The predicted octanol–water partition coefficient (Wildman–Crippen LogP) is 5.97. The Morgan fingerprint density at radius 3 is 1.97 bits per heavy atom. The highest BCUT2D eigenvalue weighted by Gasteiger charge is 2.40. The van der Waals surface area contributed by atoms with Crippen LogP contribution in [0.25, 0.3) is 5.57 Å². The van der Waals surface area contributed by atoms with Gasteiger partial charge in [-0.05, 0) is 68.7 Å². The van der Waals surface area contributed by atoms with Crippen LogP contribution < -0.4 is 10.2 Å². The largest absolute Gasteiger partial charge is 0.350 e. The van der Waals surface area contributed by atoms with Crippen LogP contribution in [-0.4, -0.2) is 11.8 Å². The molecule has 2 amide bonds. The molecule has 5 heteroatoms. The van der Waals surface area contributed by atoms with Gasteiger partial charge in [0.25, 0.3) is 11.8 Å². The van der Waals surface area contributed by atoms with Gasteiger partial charge in [-0.3, -0.25) is 9.59 Å². The normalized spacial score (nSPS) is 13.9. The molecule has 31 heavy (non-hydrogen) atoms. The highest BCUT2D eigenvalue weighted by Crippen LogP contribution is 2.36. The molecule has 0 bridgehead atoms.